The van der Waals surface area contributed by atoms with Crippen LogP contribution in [0.2, 0.25) is 0 Å². The van der Waals surface area contributed by atoms with Crippen LogP contribution in [0.15, 0.2) is 30.5 Å². The molecule has 1 N–H and O–H groups in total. The van der Waals surface area contributed by atoms with Crippen LogP contribution < -0.4 is 5.32 Å². The molecule has 2 unspecified atom stereocenters. The summed E-state index contributed by atoms with van der Waals surface area (Å²) in [6.07, 6.45) is 4.23. The van der Waals surface area contributed by atoms with Gasteiger partial charge in [-0.1, -0.05) is 13.0 Å². The molecule has 2 aromatic heterocycles. The fraction of sp³-hybridized carbons (Fsp3) is 0.444. The molecule has 0 fully saturated rings. The molecular formula is C18H23N3. The topological polar surface area (TPSA) is 37.8 Å². The van der Waals surface area contributed by atoms with Gasteiger partial charge in [0.05, 0.1) is 0 Å². The highest BCUT2D eigenvalue weighted by Gasteiger charge is 2.31. The Kier molecular flexibility index (Phi) is 4.02. The van der Waals surface area contributed by atoms with Gasteiger partial charge in [-0.25, -0.2) is 0 Å². The van der Waals surface area contributed by atoms with Gasteiger partial charge in [0.25, 0.3) is 0 Å². The summed E-state index contributed by atoms with van der Waals surface area (Å²) in [6.45, 7) is 7.27. The number of aryl methyl sites for hydroxylation is 3. The van der Waals surface area contributed by atoms with Gasteiger partial charge in [0, 0.05) is 35.2 Å². The van der Waals surface area contributed by atoms with E-state index in [0.717, 1.165) is 24.4 Å². The lowest BCUT2D eigenvalue weighted by molar-refractivity contribution is 0.446. The van der Waals surface area contributed by atoms with E-state index in [1.165, 1.54) is 23.2 Å². The van der Waals surface area contributed by atoms with Crippen molar-refractivity contribution >= 4 is 0 Å². The fourth-order valence-corrected chi connectivity index (χ4v) is 3.53. The van der Waals surface area contributed by atoms with E-state index in [-0.39, 0.29) is 0 Å². The van der Waals surface area contributed by atoms with Gasteiger partial charge in [-0.05, 0) is 62.6 Å². The molecular weight excluding hydrogens is 258 g/mol. The van der Waals surface area contributed by atoms with E-state index in [9.17, 15) is 0 Å². The van der Waals surface area contributed by atoms with Crippen molar-refractivity contribution in [1.82, 2.24) is 15.3 Å². The Balaban J connectivity index is 1.99. The molecule has 0 amide bonds. The summed E-state index contributed by atoms with van der Waals surface area (Å²) < 4.78 is 0. The van der Waals surface area contributed by atoms with Crippen molar-refractivity contribution in [2.75, 3.05) is 6.54 Å². The van der Waals surface area contributed by atoms with Gasteiger partial charge in [-0.2, -0.15) is 0 Å². The SMILES string of the molecule is CCNC(c1cc(C)nc(C)c1)C1CCc2cccnc21. The average molecular weight is 281 g/mol. The fourth-order valence-electron chi connectivity index (χ4n) is 3.53. The first kappa shape index (κ1) is 14.2. The molecule has 3 rings (SSSR count). The van der Waals surface area contributed by atoms with Crippen molar-refractivity contribution in [2.45, 2.75) is 45.6 Å². The number of rotatable bonds is 4. The third-order valence-electron chi connectivity index (χ3n) is 4.29. The molecule has 21 heavy (non-hydrogen) atoms. The Morgan fingerprint density at radius 3 is 2.76 bits per heavy atom. The van der Waals surface area contributed by atoms with Gasteiger partial charge >= 0.3 is 0 Å². The smallest absolute Gasteiger partial charge is 0.0485 e. The molecule has 0 radical (unpaired) electrons. The number of hydrogen-bond donors (Lipinski definition) is 1. The predicted molar refractivity (Wildman–Crippen MR) is 85.4 cm³/mol. The molecule has 0 saturated heterocycles. The molecule has 3 heteroatoms. The summed E-state index contributed by atoms with van der Waals surface area (Å²) in [5, 5.41) is 3.67. The number of hydrogen-bond acceptors (Lipinski definition) is 3. The molecule has 2 atom stereocenters. The lowest BCUT2D eigenvalue weighted by Crippen LogP contribution is -2.26. The van der Waals surface area contributed by atoms with Crippen LogP contribution in [0.1, 0.15) is 53.5 Å². The first-order valence-corrected chi connectivity index (χ1v) is 7.81. The van der Waals surface area contributed by atoms with E-state index in [1.54, 1.807) is 0 Å². The van der Waals surface area contributed by atoms with Crippen molar-refractivity contribution in [2.24, 2.45) is 0 Å². The second-order valence-corrected chi connectivity index (χ2v) is 5.91. The zero-order valence-corrected chi connectivity index (χ0v) is 13.1. The minimum Gasteiger partial charge on any atom is -0.310 e. The van der Waals surface area contributed by atoms with Gasteiger partial charge in [-0.15, -0.1) is 0 Å². The van der Waals surface area contributed by atoms with E-state index >= 15 is 0 Å². The quantitative estimate of drug-likeness (QED) is 0.932. The van der Waals surface area contributed by atoms with Crippen LogP contribution in [-0.4, -0.2) is 16.5 Å². The van der Waals surface area contributed by atoms with Crippen molar-refractivity contribution in [3.63, 3.8) is 0 Å². The van der Waals surface area contributed by atoms with E-state index in [2.05, 4.69) is 54.3 Å². The highest BCUT2D eigenvalue weighted by Crippen LogP contribution is 2.40. The summed E-state index contributed by atoms with van der Waals surface area (Å²) in [5.41, 5.74) is 6.20. The van der Waals surface area contributed by atoms with Crippen LogP contribution in [0, 0.1) is 13.8 Å². The number of aromatic nitrogens is 2. The van der Waals surface area contributed by atoms with Crippen molar-refractivity contribution in [3.8, 4) is 0 Å². The van der Waals surface area contributed by atoms with E-state index in [4.69, 9.17) is 0 Å². The normalized spacial score (nSPS) is 18.5. The summed E-state index contributed by atoms with van der Waals surface area (Å²) in [5.74, 6) is 0.461. The van der Waals surface area contributed by atoms with Gasteiger partial charge in [0.1, 0.15) is 0 Å². The summed E-state index contributed by atoms with van der Waals surface area (Å²) in [4.78, 5) is 9.16. The number of pyridine rings is 2. The second-order valence-electron chi connectivity index (χ2n) is 5.91. The standard InChI is InChI=1S/C18H23N3/c1-4-19-18(15-10-12(2)21-13(3)11-15)16-8-7-14-6-5-9-20-17(14)16/h5-6,9-11,16,18-19H,4,7-8H2,1-3H3. The van der Waals surface area contributed by atoms with Crippen molar-refractivity contribution < 1.29 is 0 Å². The van der Waals surface area contributed by atoms with E-state index < -0.39 is 0 Å². The van der Waals surface area contributed by atoms with Gasteiger partial charge in [-0.3, -0.25) is 9.97 Å². The highest BCUT2D eigenvalue weighted by atomic mass is 14.9. The Hall–Kier alpha value is -1.74. The van der Waals surface area contributed by atoms with Gasteiger partial charge < -0.3 is 5.32 Å². The van der Waals surface area contributed by atoms with Crippen LogP contribution in [0.5, 0.6) is 0 Å². The molecule has 0 saturated carbocycles. The number of fused-ring (bicyclic) bond motifs is 1. The first-order chi connectivity index (χ1) is 10.2. The average Bonchev–Trinajstić information content (AvgIpc) is 2.87. The van der Waals surface area contributed by atoms with E-state index in [1.807, 2.05) is 12.3 Å². The summed E-state index contributed by atoms with van der Waals surface area (Å²) in [6, 6.07) is 9.01. The predicted octanol–water partition coefficient (Wildman–Crippen LogP) is 3.47. The van der Waals surface area contributed by atoms with Crippen molar-refractivity contribution in [1.29, 1.82) is 0 Å². The third kappa shape index (κ3) is 2.84. The molecule has 0 aromatic carbocycles. The monoisotopic (exact) mass is 281 g/mol. The zero-order chi connectivity index (χ0) is 14.8. The molecule has 110 valence electrons. The number of likely N-dealkylation sites (N-methyl/N-ethyl adjacent to an activating group) is 1. The molecule has 2 aromatic rings. The van der Waals surface area contributed by atoms with Crippen LogP contribution in [-0.2, 0) is 6.42 Å². The maximum atomic E-state index is 4.66. The molecule has 0 bridgehead atoms. The maximum Gasteiger partial charge on any atom is 0.0485 e. The molecule has 3 nitrogen and oxygen atoms in total. The minimum absolute atomic E-state index is 0.326. The van der Waals surface area contributed by atoms with Gasteiger partial charge in [0.15, 0.2) is 0 Å². The Labute approximate surface area is 126 Å². The molecule has 1 aliphatic rings. The lowest BCUT2D eigenvalue weighted by Gasteiger charge is -2.25. The lowest BCUT2D eigenvalue weighted by atomic mass is 9.90. The van der Waals surface area contributed by atoms with Gasteiger partial charge in [0.2, 0.25) is 0 Å². The maximum absolute atomic E-state index is 4.66. The molecule has 0 aliphatic heterocycles. The summed E-state index contributed by atoms with van der Waals surface area (Å²) >= 11 is 0. The zero-order valence-electron chi connectivity index (χ0n) is 13.1. The molecule has 1 aliphatic carbocycles. The first-order valence-electron chi connectivity index (χ1n) is 7.81. The van der Waals surface area contributed by atoms with Crippen LogP contribution in [0.25, 0.3) is 0 Å². The number of nitrogens with one attached hydrogen (secondary N) is 1. The Morgan fingerprint density at radius 2 is 2.05 bits per heavy atom. The summed E-state index contributed by atoms with van der Waals surface area (Å²) in [7, 11) is 0. The van der Waals surface area contributed by atoms with E-state index in [0.29, 0.717) is 12.0 Å². The number of nitrogens with zero attached hydrogens (tertiary/aromatic N) is 2. The van der Waals surface area contributed by atoms with Crippen LogP contribution >= 0.6 is 0 Å². The Bertz CT molecular complexity index is 616. The minimum atomic E-state index is 0.326. The van der Waals surface area contributed by atoms with Crippen LogP contribution in [0.3, 0.4) is 0 Å². The molecule has 0 spiro atoms. The largest absolute Gasteiger partial charge is 0.310 e. The Morgan fingerprint density at radius 1 is 1.29 bits per heavy atom. The van der Waals surface area contributed by atoms with Crippen LogP contribution in [0.4, 0.5) is 0 Å². The third-order valence-corrected chi connectivity index (χ3v) is 4.29. The molecule has 2 heterocycles. The second kappa shape index (κ2) is 5.94. The van der Waals surface area contributed by atoms with Crippen molar-refractivity contribution in [3.05, 3.63) is 58.7 Å². The highest BCUT2D eigenvalue weighted by molar-refractivity contribution is 5.34.